The third kappa shape index (κ3) is 5.34. The summed E-state index contributed by atoms with van der Waals surface area (Å²) in [7, 11) is -3.72. The Morgan fingerprint density at radius 3 is 2.41 bits per heavy atom. The Hall–Kier alpha value is -2.80. The summed E-state index contributed by atoms with van der Waals surface area (Å²) >= 11 is 0. The molecule has 1 aromatic carbocycles. The highest BCUT2D eigenvalue weighted by Crippen LogP contribution is 2.19. The first-order valence-corrected chi connectivity index (χ1v) is 10.3. The van der Waals surface area contributed by atoms with Crippen molar-refractivity contribution >= 4 is 27.7 Å². The molecule has 0 aliphatic carbocycles. The molecule has 0 unspecified atom stereocenters. The molecule has 146 valence electrons. The van der Waals surface area contributed by atoms with Crippen LogP contribution in [0.25, 0.3) is 0 Å². The van der Waals surface area contributed by atoms with Gasteiger partial charge in [-0.15, -0.1) is 0 Å². The number of hydrogen-bond acceptors (Lipinski definition) is 6. The van der Waals surface area contributed by atoms with Crippen LogP contribution >= 0.6 is 0 Å². The van der Waals surface area contributed by atoms with Crippen molar-refractivity contribution < 1.29 is 22.7 Å². The third-order valence-electron chi connectivity index (χ3n) is 4.10. The number of sulfonamides is 1. The minimum atomic E-state index is -3.72. The standard InChI is InChI=1S/C17H22N4O5S/c1-3-26-17(23)20-9-7-19(8-10-20)16(22)13-21(27(2,24)25)15-6-4-5-14(11-15)12-18/h4-6,11H,3,7-10,13H2,1-2H3. The maximum Gasteiger partial charge on any atom is 0.409 e. The lowest BCUT2D eigenvalue weighted by Gasteiger charge is -2.35. The average Bonchev–Trinajstić information content (AvgIpc) is 2.65. The Bertz CT molecular complexity index is 841. The monoisotopic (exact) mass is 394 g/mol. The van der Waals surface area contributed by atoms with Gasteiger partial charge in [0.1, 0.15) is 6.54 Å². The van der Waals surface area contributed by atoms with Crippen LogP contribution in [0.3, 0.4) is 0 Å². The zero-order valence-electron chi connectivity index (χ0n) is 15.3. The first-order chi connectivity index (χ1) is 12.8. The number of nitriles is 1. The molecule has 1 aliphatic heterocycles. The van der Waals surface area contributed by atoms with Crippen LogP contribution in [0.5, 0.6) is 0 Å². The van der Waals surface area contributed by atoms with Gasteiger partial charge in [0.15, 0.2) is 0 Å². The van der Waals surface area contributed by atoms with Gasteiger partial charge in [0.2, 0.25) is 15.9 Å². The summed E-state index contributed by atoms with van der Waals surface area (Å²) in [5.41, 5.74) is 0.562. The molecular formula is C17H22N4O5S. The van der Waals surface area contributed by atoms with Gasteiger partial charge in [0.25, 0.3) is 0 Å². The van der Waals surface area contributed by atoms with Gasteiger partial charge in [-0.2, -0.15) is 5.26 Å². The predicted molar refractivity (Wildman–Crippen MR) is 98.5 cm³/mol. The predicted octanol–water partition coefficient (Wildman–Crippen LogP) is 0.625. The summed E-state index contributed by atoms with van der Waals surface area (Å²) in [5.74, 6) is -0.369. The van der Waals surface area contributed by atoms with Crippen LogP contribution in [0.2, 0.25) is 0 Å². The molecule has 10 heteroatoms. The highest BCUT2D eigenvalue weighted by molar-refractivity contribution is 7.92. The normalized spacial score (nSPS) is 14.4. The first-order valence-electron chi connectivity index (χ1n) is 8.43. The van der Waals surface area contributed by atoms with Crippen LogP contribution < -0.4 is 4.31 Å². The van der Waals surface area contributed by atoms with E-state index in [9.17, 15) is 18.0 Å². The van der Waals surface area contributed by atoms with E-state index in [1.54, 1.807) is 19.1 Å². The molecule has 0 radical (unpaired) electrons. The summed E-state index contributed by atoms with van der Waals surface area (Å²) in [5, 5.41) is 9.00. The number of nitrogens with zero attached hydrogens (tertiary/aromatic N) is 4. The molecule has 1 aliphatic rings. The molecule has 1 heterocycles. The first kappa shape index (κ1) is 20.5. The van der Waals surface area contributed by atoms with Gasteiger partial charge in [-0.05, 0) is 25.1 Å². The fourth-order valence-corrected chi connectivity index (χ4v) is 3.55. The minimum Gasteiger partial charge on any atom is -0.450 e. The second-order valence-electron chi connectivity index (χ2n) is 6.00. The number of carbonyl (C=O) groups excluding carboxylic acids is 2. The van der Waals surface area contributed by atoms with Crippen LogP contribution in [-0.4, -0.2) is 75.8 Å². The van der Waals surface area contributed by atoms with Gasteiger partial charge in [-0.1, -0.05) is 6.07 Å². The highest BCUT2D eigenvalue weighted by atomic mass is 32.2. The van der Waals surface area contributed by atoms with Crippen molar-refractivity contribution in [2.75, 3.05) is 49.9 Å². The third-order valence-corrected chi connectivity index (χ3v) is 5.24. The van der Waals surface area contributed by atoms with E-state index in [0.29, 0.717) is 31.7 Å². The summed E-state index contributed by atoms with van der Waals surface area (Å²) in [6, 6.07) is 8.03. The van der Waals surface area contributed by atoms with E-state index >= 15 is 0 Å². The molecule has 0 N–H and O–H groups in total. The fraction of sp³-hybridized carbons (Fsp3) is 0.471. The maximum absolute atomic E-state index is 12.6. The number of piperazine rings is 1. The molecule has 1 aromatic rings. The maximum atomic E-state index is 12.6. The molecule has 1 saturated heterocycles. The lowest BCUT2D eigenvalue weighted by Crippen LogP contribution is -2.53. The number of anilines is 1. The minimum absolute atomic E-state index is 0.259. The zero-order chi connectivity index (χ0) is 20.0. The number of benzene rings is 1. The van der Waals surface area contributed by atoms with Crippen molar-refractivity contribution in [2.24, 2.45) is 0 Å². The van der Waals surface area contributed by atoms with Crippen LogP contribution in [-0.2, 0) is 19.6 Å². The van der Waals surface area contributed by atoms with E-state index < -0.39 is 16.1 Å². The highest BCUT2D eigenvalue weighted by Gasteiger charge is 2.28. The van der Waals surface area contributed by atoms with E-state index in [1.165, 1.54) is 21.9 Å². The fourth-order valence-electron chi connectivity index (χ4n) is 2.71. The van der Waals surface area contributed by atoms with E-state index in [4.69, 9.17) is 10.00 Å². The molecule has 0 saturated carbocycles. The summed E-state index contributed by atoms with van der Waals surface area (Å²) in [6.45, 7) is 2.89. The molecule has 0 bridgehead atoms. The number of hydrogen-bond donors (Lipinski definition) is 0. The molecule has 0 aromatic heterocycles. The van der Waals surface area contributed by atoms with Crippen LogP contribution in [0, 0.1) is 11.3 Å². The van der Waals surface area contributed by atoms with E-state index in [0.717, 1.165) is 10.6 Å². The Morgan fingerprint density at radius 2 is 1.85 bits per heavy atom. The topological polar surface area (TPSA) is 111 Å². The van der Waals surface area contributed by atoms with Crippen LogP contribution in [0.4, 0.5) is 10.5 Å². The second kappa shape index (κ2) is 8.73. The Balaban J connectivity index is 2.07. The van der Waals surface area contributed by atoms with Gasteiger partial charge >= 0.3 is 6.09 Å². The smallest absolute Gasteiger partial charge is 0.409 e. The number of rotatable bonds is 5. The molecule has 2 amide bonds. The van der Waals surface area contributed by atoms with Crippen molar-refractivity contribution in [3.63, 3.8) is 0 Å². The van der Waals surface area contributed by atoms with Gasteiger partial charge in [-0.25, -0.2) is 13.2 Å². The molecule has 9 nitrogen and oxygen atoms in total. The van der Waals surface area contributed by atoms with Crippen molar-refractivity contribution in [3.8, 4) is 6.07 Å². The largest absolute Gasteiger partial charge is 0.450 e. The summed E-state index contributed by atoms with van der Waals surface area (Å²) in [6.07, 6.45) is 0.591. The molecular weight excluding hydrogens is 372 g/mol. The lowest BCUT2D eigenvalue weighted by atomic mass is 10.2. The van der Waals surface area contributed by atoms with Gasteiger partial charge in [0.05, 0.1) is 30.2 Å². The van der Waals surface area contributed by atoms with E-state index in [1.807, 2.05) is 6.07 Å². The number of ether oxygens (including phenoxy) is 1. The van der Waals surface area contributed by atoms with Gasteiger partial charge < -0.3 is 14.5 Å². The Kier molecular flexibility index (Phi) is 6.63. The van der Waals surface area contributed by atoms with Gasteiger partial charge in [0, 0.05) is 26.2 Å². The Morgan fingerprint density at radius 1 is 1.22 bits per heavy atom. The van der Waals surface area contributed by atoms with Crippen molar-refractivity contribution in [1.82, 2.24) is 9.80 Å². The molecule has 27 heavy (non-hydrogen) atoms. The SMILES string of the molecule is CCOC(=O)N1CCN(C(=O)CN(c2cccc(C#N)c2)S(C)(=O)=O)CC1. The molecule has 1 fully saturated rings. The average molecular weight is 394 g/mol. The number of carbonyl (C=O) groups is 2. The Labute approximate surface area is 158 Å². The van der Waals surface area contributed by atoms with Crippen molar-refractivity contribution in [1.29, 1.82) is 5.26 Å². The second-order valence-corrected chi connectivity index (χ2v) is 7.91. The summed E-state index contributed by atoms with van der Waals surface area (Å²) in [4.78, 5) is 27.3. The van der Waals surface area contributed by atoms with E-state index in [2.05, 4.69) is 0 Å². The molecule has 2 rings (SSSR count). The van der Waals surface area contributed by atoms with Crippen molar-refractivity contribution in [2.45, 2.75) is 6.92 Å². The molecule has 0 atom stereocenters. The van der Waals surface area contributed by atoms with Crippen LogP contribution in [0.1, 0.15) is 12.5 Å². The van der Waals surface area contributed by atoms with Crippen molar-refractivity contribution in [3.05, 3.63) is 29.8 Å². The lowest BCUT2D eigenvalue weighted by molar-refractivity contribution is -0.131. The zero-order valence-corrected chi connectivity index (χ0v) is 16.1. The van der Waals surface area contributed by atoms with E-state index in [-0.39, 0.29) is 24.7 Å². The van der Waals surface area contributed by atoms with Crippen LogP contribution in [0.15, 0.2) is 24.3 Å². The quantitative estimate of drug-likeness (QED) is 0.724. The number of amides is 2. The molecule has 0 spiro atoms. The van der Waals surface area contributed by atoms with Gasteiger partial charge in [-0.3, -0.25) is 9.10 Å². The summed E-state index contributed by atoms with van der Waals surface area (Å²) < 4.78 is 30.2.